The molecular weight excluding hydrogens is 264 g/mol. The molecule has 0 fully saturated rings. The molecule has 0 radical (unpaired) electrons. The summed E-state index contributed by atoms with van der Waals surface area (Å²) in [6.07, 6.45) is 7.55. The molecule has 0 spiro atoms. The summed E-state index contributed by atoms with van der Waals surface area (Å²) in [5.74, 6) is 0.399. The number of nitrogens with one attached hydrogen (secondary N) is 1. The maximum absolute atomic E-state index is 11.6. The summed E-state index contributed by atoms with van der Waals surface area (Å²) >= 11 is 0. The number of nitrogens with two attached hydrogens (primary N) is 1. The summed E-state index contributed by atoms with van der Waals surface area (Å²) in [5.41, 5.74) is 4.90. The lowest BCUT2D eigenvalue weighted by molar-refractivity contribution is -0.124. The van der Waals surface area contributed by atoms with Crippen LogP contribution in [0.5, 0.6) is 0 Å². The van der Waals surface area contributed by atoms with Crippen LogP contribution in [0.15, 0.2) is 0 Å². The van der Waals surface area contributed by atoms with Crippen molar-refractivity contribution >= 4 is 5.91 Å². The first-order valence-electron chi connectivity index (χ1n) is 8.62. The van der Waals surface area contributed by atoms with Gasteiger partial charge in [-0.2, -0.15) is 0 Å². The first kappa shape index (κ1) is 20.4. The molecule has 0 aliphatic rings. The number of hydrogen-bond acceptors (Lipinski definition) is 3. The largest absolute Gasteiger partial charge is 0.381 e. The highest BCUT2D eigenvalue weighted by Crippen LogP contribution is 2.15. The van der Waals surface area contributed by atoms with E-state index in [-0.39, 0.29) is 5.91 Å². The minimum atomic E-state index is -0.605. The molecule has 0 bridgehead atoms. The lowest BCUT2D eigenvalue weighted by Crippen LogP contribution is -2.53. The molecule has 3 N–H and O–H groups in total. The van der Waals surface area contributed by atoms with Crippen LogP contribution in [0.25, 0.3) is 0 Å². The van der Waals surface area contributed by atoms with Gasteiger partial charge in [-0.05, 0) is 45.1 Å². The molecule has 126 valence electrons. The Morgan fingerprint density at radius 1 is 1.24 bits per heavy atom. The number of amides is 1. The van der Waals surface area contributed by atoms with Crippen molar-refractivity contribution in [1.82, 2.24) is 5.32 Å². The van der Waals surface area contributed by atoms with Crippen molar-refractivity contribution < 1.29 is 9.53 Å². The highest BCUT2D eigenvalue weighted by Gasteiger charge is 2.29. The fraction of sp³-hybridized carbons (Fsp3) is 0.941. The SMILES string of the molecule is CCCCC(CC)COCCCC(C)(NCCC)C(N)=O. The highest BCUT2D eigenvalue weighted by molar-refractivity contribution is 5.84. The summed E-state index contributed by atoms with van der Waals surface area (Å²) in [6, 6.07) is 0. The minimum absolute atomic E-state index is 0.273. The van der Waals surface area contributed by atoms with E-state index in [1.165, 1.54) is 25.7 Å². The van der Waals surface area contributed by atoms with Gasteiger partial charge in [0.15, 0.2) is 0 Å². The number of ether oxygens (including phenoxy) is 1. The lowest BCUT2D eigenvalue weighted by Gasteiger charge is -2.27. The topological polar surface area (TPSA) is 64.3 Å². The molecule has 0 aliphatic carbocycles. The van der Waals surface area contributed by atoms with Gasteiger partial charge in [0.1, 0.15) is 0 Å². The Morgan fingerprint density at radius 2 is 1.95 bits per heavy atom. The van der Waals surface area contributed by atoms with Crippen molar-refractivity contribution in [2.45, 2.75) is 78.2 Å². The molecule has 0 aromatic carbocycles. The van der Waals surface area contributed by atoms with Gasteiger partial charge >= 0.3 is 0 Å². The summed E-state index contributed by atoms with van der Waals surface area (Å²) in [6.45, 7) is 10.8. The molecule has 0 aliphatic heterocycles. The Bertz CT molecular complexity index is 272. The van der Waals surface area contributed by atoms with Crippen LogP contribution in [0, 0.1) is 5.92 Å². The average Bonchev–Trinajstić information content (AvgIpc) is 2.47. The number of hydrogen-bond donors (Lipinski definition) is 2. The van der Waals surface area contributed by atoms with Gasteiger partial charge in [0, 0.05) is 13.2 Å². The summed E-state index contributed by atoms with van der Waals surface area (Å²) in [7, 11) is 0. The first-order valence-corrected chi connectivity index (χ1v) is 8.62. The molecular formula is C17H36N2O2. The predicted molar refractivity (Wildman–Crippen MR) is 89.3 cm³/mol. The Balaban J connectivity index is 3.91. The molecule has 4 nitrogen and oxygen atoms in total. The molecule has 2 atom stereocenters. The highest BCUT2D eigenvalue weighted by atomic mass is 16.5. The molecule has 4 heteroatoms. The van der Waals surface area contributed by atoms with Crippen LogP contribution >= 0.6 is 0 Å². The van der Waals surface area contributed by atoms with Crippen LogP contribution in [0.3, 0.4) is 0 Å². The first-order chi connectivity index (χ1) is 10.00. The molecule has 21 heavy (non-hydrogen) atoms. The van der Waals surface area contributed by atoms with Crippen LogP contribution < -0.4 is 11.1 Å². The quantitative estimate of drug-likeness (QED) is 0.484. The number of primary amides is 1. The van der Waals surface area contributed by atoms with Crippen LogP contribution in [-0.2, 0) is 9.53 Å². The molecule has 0 saturated carbocycles. The maximum Gasteiger partial charge on any atom is 0.237 e. The Hall–Kier alpha value is -0.610. The number of carbonyl (C=O) groups is 1. The fourth-order valence-electron chi connectivity index (χ4n) is 2.38. The third-order valence-corrected chi connectivity index (χ3v) is 4.17. The van der Waals surface area contributed by atoms with Crippen LogP contribution in [0.4, 0.5) is 0 Å². The predicted octanol–water partition coefficient (Wildman–Crippen LogP) is 3.24. The minimum Gasteiger partial charge on any atom is -0.381 e. The zero-order chi connectivity index (χ0) is 16.1. The van der Waals surface area contributed by atoms with Crippen LogP contribution in [-0.4, -0.2) is 31.2 Å². The van der Waals surface area contributed by atoms with E-state index in [4.69, 9.17) is 10.5 Å². The maximum atomic E-state index is 11.6. The van der Waals surface area contributed by atoms with Gasteiger partial charge in [0.25, 0.3) is 0 Å². The summed E-state index contributed by atoms with van der Waals surface area (Å²) < 4.78 is 5.78. The van der Waals surface area contributed by atoms with E-state index in [9.17, 15) is 4.79 Å². The van der Waals surface area contributed by atoms with Crippen molar-refractivity contribution in [1.29, 1.82) is 0 Å². The number of carbonyl (C=O) groups excluding carboxylic acids is 1. The summed E-state index contributed by atoms with van der Waals surface area (Å²) in [4.78, 5) is 11.6. The van der Waals surface area contributed by atoms with E-state index in [0.717, 1.165) is 32.4 Å². The third-order valence-electron chi connectivity index (χ3n) is 4.17. The number of unbranched alkanes of at least 4 members (excludes halogenated alkanes) is 1. The molecule has 0 aromatic rings. The number of rotatable bonds is 14. The molecule has 0 rings (SSSR count). The molecule has 2 unspecified atom stereocenters. The zero-order valence-corrected chi connectivity index (χ0v) is 14.5. The van der Waals surface area contributed by atoms with E-state index in [2.05, 4.69) is 26.1 Å². The monoisotopic (exact) mass is 300 g/mol. The van der Waals surface area contributed by atoms with Gasteiger partial charge in [-0.3, -0.25) is 4.79 Å². The molecule has 0 saturated heterocycles. The van der Waals surface area contributed by atoms with E-state index < -0.39 is 5.54 Å². The van der Waals surface area contributed by atoms with Crippen LogP contribution in [0.2, 0.25) is 0 Å². The standard InChI is InChI=1S/C17H36N2O2/c1-5-8-10-15(7-3)14-21-13-9-11-17(4,16(18)20)19-12-6-2/h15,19H,5-14H2,1-4H3,(H2,18,20). The van der Waals surface area contributed by atoms with Crippen LogP contribution in [0.1, 0.15) is 72.6 Å². The van der Waals surface area contributed by atoms with Gasteiger partial charge in [0.2, 0.25) is 5.91 Å². The molecule has 0 heterocycles. The van der Waals surface area contributed by atoms with Gasteiger partial charge in [0.05, 0.1) is 5.54 Å². The van der Waals surface area contributed by atoms with Gasteiger partial charge < -0.3 is 15.8 Å². The second kappa shape index (κ2) is 12.0. The van der Waals surface area contributed by atoms with Gasteiger partial charge in [-0.1, -0.05) is 40.0 Å². The normalized spacial score (nSPS) is 15.6. The van der Waals surface area contributed by atoms with Crippen molar-refractivity contribution in [3.05, 3.63) is 0 Å². The van der Waals surface area contributed by atoms with Crippen molar-refractivity contribution in [2.75, 3.05) is 19.8 Å². The fourth-order valence-corrected chi connectivity index (χ4v) is 2.38. The van der Waals surface area contributed by atoms with Gasteiger partial charge in [-0.15, -0.1) is 0 Å². The molecule has 0 aromatic heterocycles. The smallest absolute Gasteiger partial charge is 0.237 e. The van der Waals surface area contributed by atoms with Gasteiger partial charge in [-0.25, -0.2) is 0 Å². The average molecular weight is 300 g/mol. The Labute approximate surface area is 131 Å². The van der Waals surface area contributed by atoms with E-state index in [1.807, 2.05) is 6.92 Å². The second-order valence-electron chi connectivity index (χ2n) is 6.22. The van der Waals surface area contributed by atoms with E-state index in [1.54, 1.807) is 0 Å². The van der Waals surface area contributed by atoms with Crippen molar-refractivity contribution in [3.8, 4) is 0 Å². The Morgan fingerprint density at radius 3 is 2.48 bits per heavy atom. The van der Waals surface area contributed by atoms with Crippen molar-refractivity contribution in [3.63, 3.8) is 0 Å². The lowest BCUT2D eigenvalue weighted by atomic mass is 9.95. The second-order valence-corrected chi connectivity index (χ2v) is 6.22. The molecule has 1 amide bonds. The van der Waals surface area contributed by atoms with E-state index in [0.29, 0.717) is 12.5 Å². The zero-order valence-electron chi connectivity index (χ0n) is 14.5. The third kappa shape index (κ3) is 9.10. The summed E-state index contributed by atoms with van der Waals surface area (Å²) in [5, 5.41) is 3.25. The van der Waals surface area contributed by atoms with E-state index >= 15 is 0 Å². The van der Waals surface area contributed by atoms with Crippen molar-refractivity contribution in [2.24, 2.45) is 11.7 Å². The Kier molecular flexibility index (Phi) is 11.6.